The number of benzene rings is 6. The molecule has 352 valence electrons. The quantitative estimate of drug-likeness (QED) is 0.102. The second-order valence-corrected chi connectivity index (χ2v) is 22.4. The van der Waals surface area contributed by atoms with Crippen molar-refractivity contribution in [3.05, 3.63) is 200 Å². The highest BCUT2D eigenvalue weighted by molar-refractivity contribution is 9.10. The molecule has 0 amide bonds. The lowest BCUT2D eigenvalue weighted by atomic mass is 9.78. The molecule has 8 rings (SSSR count). The van der Waals surface area contributed by atoms with Crippen molar-refractivity contribution in [2.75, 3.05) is 0 Å². The minimum absolute atomic E-state index is 0.109. The summed E-state index contributed by atoms with van der Waals surface area (Å²) in [7, 11) is -7.98. The largest absolute Gasteiger partial charge is 0.405 e. The van der Waals surface area contributed by atoms with Crippen LogP contribution >= 0.6 is 31.9 Å². The number of cyclic esters (lactones) is 2. The van der Waals surface area contributed by atoms with E-state index >= 15 is 0 Å². The van der Waals surface area contributed by atoms with Gasteiger partial charge in [0.2, 0.25) is 31.8 Å². The lowest BCUT2D eigenvalue weighted by Gasteiger charge is -2.35. The van der Waals surface area contributed by atoms with Gasteiger partial charge in [-0.05, 0) is 110 Å². The van der Waals surface area contributed by atoms with Crippen LogP contribution in [0, 0.1) is 25.7 Å². The summed E-state index contributed by atoms with van der Waals surface area (Å²) in [6, 6.07) is 43.7. The van der Waals surface area contributed by atoms with Crippen LogP contribution < -0.4 is 9.44 Å². The Hall–Kier alpha value is -5.62. The van der Waals surface area contributed by atoms with Crippen molar-refractivity contribution in [2.24, 2.45) is 21.8 Å². The van der Waals surface area contributed by atoms with Gasteiger partial charge in [0.1, 0.15) is 0 Å². The summed E-state index contributed by atoms with van der Waals surface area (Å²) in [5, 5.41) is 0. The number of nitrogens with one attached hydrogen (secondary N) is 2. The zero-order chi connectivity index (χ0) is 49.0. The predicted octanol–water partition coefficient (Wildman–Crippen LogP) is 10.4. The number of nitrogens with zero attached hydrogens (tertiary/aromatic N) is 2. The highest BCUT2D eigenvalue weighted by Gasteiger charge is 2.57. The normalized spacial score (nSPS) is 19.1. The zero-order valence-electron chi connectivity index (χ0n) is 38.1. The van der Waals surface area contributed by atoms with Crippen molar-refractivity contribution in [3.63, 3.8) is 0 Å². The van der Waals surface area contributed by atoms with Crippen LogP contribution in [0.3, 0.4) is 0 Å². The molecule has 0 bridgehead atoms. The molecule has 4 atom stereocenters. The Morgan fingerprint density at radius 3 is 1.07 bits per heavy atom. The Balaban J connectivity index is 0.000000201. The van der Waals surface area contributed by atoms with Crippen molar-refractivity contribution >= 4 is 75.6 Å². The number of aliphatic imine (C=N–C) groups is 2. The molecule has 0 fully saturated rings. The van der Waals surface area contributed by atoms with Crippen molar-refractivity contribution in [3.8, 4) is 0 Å². The predicted molar refractivity (Wildman–Crippen MR) is 270 cm³/mol. The Kier molecular flexibility index (Phi) is 15.2. The number of rotatable bonds is 14. The average Bonchev–Trinajstić information content (AvgIpc) is 3.87. The topological polar surface area (TPSA) is 170 Å². The number of ether oxygens (including phenoxy) is 2. The van der Waals surface area contributed by atoms with Gasteiger partial charge in [-0.3, -0.25) is 0 Å². The van der Waals surface area contributed by atoms with Gasteiger partial charge < -0.3 is 9.47 Å². The summed E-state index contributed by atoms with van der Waals surface area (Å²) in [4.78, 5) is 36.7. The van der Waals surface area contributed by atoms with Crippen molar-refractivity contribution in [1.29, 1.82) is 0 Å². The van der Waals surface area contributed by atoms with Crippen LogP contribution in [-0.2, 0) is 39.1 Å². The van der Waals surface area contributed by atoms with E-state index in [1.54, 1.807) is 121 Å². The van der Waals surface area contributed by atoms with Gasteiger partial charge in [0.05, 0.1) is 21.9 Å². The van der Waals surface area contributed by atoms with E-state index < -0.39 is 55.1 Å². The Morgan fingerprint density at radius 1 is 0.471 bits per heavy atom. The van der Waals surface area contributed by atoms with Crippen LogP contribution in [0.25, 0.3) is 0 Å². The molecule has 0 saturated carbocycles. The maximum Gasteiger partial charge on any atom is 0.343 e. The molecule has 0 saturated heterocycles. The molecule has 12 nitrogen and oxygen atoms in total. The van der Waals surface area contributed by atoms with Crippen LogP contribution in [0.5, 0.6) is 0 Å². The maximum atomic E-state index is 13.5. The van der Waals surface area contributed by atoms with Gasteiger partial charge in [-0.1, -0.05) is 156 Å². The van der Waals surface area contributed by atoms with E-state index in [1.165, 1.54) is 0 Å². The summed E-state index contributed by atoms with van der Waals surface area (Å²) < 4.78 is 72.3. The van der Waals surface area contributed by atoms with Gasteiger partial charge in [-0.25, -0.2) is 45.9 Å². The third kappa shape index (κ3) is 10.5. The van der Waals surface area contributed by atoms with Gasteiger partial charge in [0, 0.05) is 20.1 Å². The molecule has 16 heteroatoms. The first kappa shape index (κ1) is 50.3. The van der Waals surface area contributed by atoms with Gasteiger partial charge in [0.25, 0.3) is 0 Å². The first-order chi connectivity index (χ1) is 32.3. The summed E-state index contributed by atoms with van der Waals surface area (Å²) in [6.07, 6.45) is 0. The lowest BCUT2D eigenvalue weighted by molar-refractivity contribution is -0.142. The van der Waals surface area contributed by atoms with E-state index in [1.807, 2.05) is 77.9 Å². The fourth-order valence-corrected chi connectivity index (χ4v) is 11.0. The van der Waals surface area contributed by atoms with Crippen molar-refractivity contribution in [1.82, 2.24) is 9.44 Å². The van der Waals surface area contributed by atoms with E-state index in [-0.39, 0.29) is 33.4 Å². The molecule has 0 radical (unpaired) electrons. The fourth-order valence-electron chi connectivity index (χ4n) is 8.00. The molecule has 2 aliphatic heterocycles. The number of carbonyl (C=O) groups excluding carboxylic acids is 2. The number of esters is 2. The van der Waals surface area contributed by atoms with Crippen molar-refractivity contribution < 1.29 is 35.9 Å². The molecular formula is C52H50Br2N4O8S2. The minimum atomic E-state index is -3.99. The summed E-state index contributed by atoms with van der Waals surface area (Å²) in [5.74, 6) is -1.60. The number of aryl methyl sites for hydroxylation is 2. The number of hydrogen-bond donors (Lipinski definition) is 2. The summed E-state index contributed by atoms with van der Waals surface area (Å²) >= 11 is 6.84. The SMILES string of the molecule is Cc1ccc(S(=O)(=O)N[C@@H](c2ccc(Br)cc2)[C@@]2(C(C)C)N=C(c3ccccc3)OC2=O)cc1.Cc1ccc(S(=O)(=O)N[C@@H](c2ccc(Br)cc2)[C@@]2(C(C)C)N=C(c3ccccc3)OC2=O)cc1. The van der Waals surface area contributed by atoms with Crippen LogP contribution in [0.4, 0.5) is 0 Å². The number of halogens is 2. The summed E-state index contributed by atoms with van der Waals surface area (Å²) in [6.45, 7) is 11.1. The molecule has 0 unspecified atom stereocenters. The molecule has 0 aromatic heterocycles. The Labute approximate surface area is 414 Å². The second-order valence-electron chi connectivity index (χ2n) is 17.1. The standard InChI is InChI=1S/2C26H25BrN2O4S/c2*1-17(2)26(25(30)33-24(28-26)20-7-5-4-6-8-20)23(19-11-13-21(27)14-12-19)29-34(31,32)22-15-9-18(3)10-16-22/h2*4-17,23,29H,1-3H3/t2*23-,26+/m00/s1. The van der Waals surface area contributed by atoms with Crippen LogP contribution in [0.1, 0.15) is 73.2 Å². The third-order valence-electron chi connectivity index (χ3n) is 11.9. The number of sulfonamides is 2. The smallest absolute Gasteiger partial charge is 0.343 e. The molecule has 0 spiro atoms. The Bertz CT molecular complexity index is 2850. The minimum Gasteiger partial charge on any atom is -0.405 e. The van der Waals surface area contributed by atoms with Crippen LogP contribution in [-0.4, -0.2) is 51.6 Å². The zero-order valence-corrected chi connectivity index (χ0v) is 42.9. The van der Waals surface area contributed by atoms with Crippen molar-refractivity contribution in [2.45, 2.75) is 74.5 Å². The first-order valence-corrected chi connectivity index (χ1v) is 26.3. The molecule has 6 aromatic rings. The molecule has 68 heavy (non-hydrogen) atoms. The van der Waals surface area contributed by atoms with Gasteiger partial charge in [0.15, 0.2) is 11.1 Å². The molecular weight excluding hydrogens is 1030 g/mol. The van der Waals surface area contributed by atoms with Crippen LogP contribution in [0.2, 0.25) is 0 Å². The first-order valence-electron chi connectivity index (χ1n) is 21.7. The van der Waals surface area contributed by atoms with Gasteiger partial charge in [-0.15, -0.1) is 0 Å². The third-order valence-corrected chi connectivity index (χ3v) is 15.8. The molecule has 2 heterocycles. The summed E-state index contributed by atoms with van der Waals surface area (Å²) in [5.41, 5.74) is 1.37. The second kappa shape index (κ2) is 20.5. The number of carbonyl (C=O) groups is 2. The maximum absolute atomic E-state index is 13.5. The van der Waals surface area contributed by atoms with Gasteiger partial charge >= 0.3 is 11.9 Å². The van der Waals surface area contributed by atoms with E-state index in [0.717, 1.165) is 20.1 Å². The molecule has 0 aliphatic carbocycles. The highest BCUT2D eigenvalue weighted by atomic mass is 79.9. The van der Waals surface area contributed by atoms with E-state index in [2.05, 4.69) is 41.3 Å². The van der Waals surface area contributed by atoms with E-state index in [9.17, 15) is 26.4 Å². The van der Waals surface area contributed by atoms with Crippen LogP contribution in [0.15, 0.2) is 186 Å². The fraction of sp³-hybridized carbons (Fsp3) is 0.231. The van der Waals surface area contributed by atoms with E-state index in [4.69, 9.17) is 19.5 Å². The van der Waals surface area contributed by atoms with E-state index in [0.29, 0.717) is 22.3 Å². The molecule has 2 aliphatic rings. The average molecular weight is 1080 g/mol. The lowest BCUT2D eigenvalue weighted by Crippen LogP contribution is -2.52. The monoisotopic (exact) mass is 1080 g/mol. The van der Waals surface area contributed by atoms with Gasteiger partial charge in [-0.2, -0.15) is 0 Å². The molecule has 6 aromatic carbocycles. The highest BCUT2D eigenvalue weighted by Crippen LogP contribution is 2.44. The number of hydrogen-bond acceptors (Lipinski definition) is 10. The molecule has 2 N–H and O–H groups in total. The Morgan fingerprint density at radius 2 is 0.779 bits per heavy atom.